The molecule has 0 bridgehead atoms. The summed E-state index contributed by atoms with van der Waals surface area (Å²) in [6.45, 7) is 3.37. The van der Waals surface area contributed by atoms with Gasteiger partial charge >= 0.3 is 0 Å². The largest absolute Gasteiger partial charge is 0.299 e. The Morgan fingerprint density at radius 3 is 3.07 bits per heavy atom. The number of rotatable bonds is 2. The van der Waals surface area contributed by atoms with Crippen LogP contribution in [-0.2, 0) is 4.79 Å². The Labute approximate surface area is 80.8 Å². The Hall–Kier alpha value is -1.78. The van der Waals surface area contributed by atoms with Gasteiger partial charge in [0.05, 0.1) is 11.6 Å². The molecule has 0 saturated heterocycles. The van der Waals surface area contributed by atoms with Crippen molar-refractivity contribution >= 4 is 11.4 Å². The summed E-state index contributed by atoms with van der Waals surface area (Å²) in [5, 5.41) is 7.69. The lowest BCUT2D eigenvalue weighted by atomic mass is 10.0. The Morgan fingerprint density at radius 1 is 1.57 bits per heavy atom. The van der Waals surface area contributed by atoms with E-state index in [9.17, 15) is 4.79 Å². The molecule has 1 atom stereocenters. The Kier molecular flexibility index (Phi) is 1.99. The lowest BCUT2D eigenvalue weighted by Crippen LogP contribution is -2.08. The van der Waals surface area contributed by atoms with Gasteiger partial charge in [0.1, 0.15) is 12.1 Å². The maximum Gasteiger partial charge on any atom is 0.183 e. The zero-order valence-electron chi connectivity index (χ0n) is 8.01. The Balaban J connectivity index is 2.61. The first-order valence-corrected chi connectivity index (χ1v) is 4.35. The number of hydrogen-bond donors (Lipinski definition) is 0. The maximum absolute atomic E-state index is 11.2. The molecule has 0 spiro atoms. The van der Waals surface area contributed by atoms with E-state index in [0.29, 0.717) is 11.3 Å². The number of carbonyl (C=O) groups is 1. The van der Waals surface area contributed by atoms with Crippen LogP contribution in [0, 0.1) is 0 Å². The van der Waals surface area contributed by atoms with Crippen LogP contribution >= 0.6 is 0 Å². The van der Waals surface area contributed by atoms with Crippen molar-refractivity contribution < 1.29 is 4.79 Å². The molecule has 2 aromatic heterocycles. The van der Waals surface area contributed by atoms with Crippen LogP contribution in [0.4, 0.5) is 0 Å². The lowest BCUT2D eigenvalue weighted by molar-refractivity contribution is -0.118. The van der Waals surface area contributed by atoms with E-state index in [-0.39, 0.29) is 11.7 Å². The number of ketones is 1. The zero-order valence-corrected chi connectivity index (χ0v) is 8.01. The summed E-state index contributed by atoms with van der Waals surface area (Å²) >= 11 is 0. The van der Waals surface area contributed by atoms with Crippen LogP contribution in [0.25, 0.3) is 5.65 Å². The fourth-order valence-electron chi connectivity index (χ4n) is 1.28. The number of aromatic nitrogens is 4. The summed E-state index contributed by atoms with van der Waals surface area (Å²) in [5.41, 5.74) is 1.33. The number of fused-ring (bicyclic) bond motifs is 1. The van der Waals surface area contributed by atoms with Crippen LogP contribution < -0.4 is 0 Å². The molecule has 0 aliphatic heterocycles. The van der Waals surface area contributed by atoms with E-state index in [1.54, 1.807) is 30.0 Å². The van der Waals surface area contributed by atoms with Crippen LogP contribution in [0.2, 0.25) is 0 Å². The Bertz CT molecular complexity index is 476. The van der Waals surface area contributed by atoms with Gasteiger partial charge in [0.2, 0.25) is 0 Å². The van der Waals surface area contributed by atoms with Crippen LogP contribution in [0.3, 0.4) is 0 Å². The molecule has 14 heavy (non-hydrogen) atoms. The third-order valence-electron chi connectivity index (χ3n) is 2.26. The summed E-state index contributed by atoms with van der Waals surface area (Å²) in [7, 11) is 0. The van der Waals surface area contributed by atoms with E-state index >= 15 is 0 Å². The SMILES string of the molecule is CC(=O)C(C)c1nccn2cnnc12. The number of nitrogens with zero attached hydrogens (tertiary/aromatic N) is 4. The second kappa shape index (κ2) is 3.17. The van der Waals surface area contributed by atoms with Gasteiger partial charge in [-0.3, -0.25) is 14.2 Å². The van der Waals surface area contributed by atoms with Gasteiger partial charge in [0.25, 0.3) is 0 Å². The molecule has 2 heterocycles. The van der Waals surface area contributed by atoms with Gasteiger partial charge in [-0.1, -0.05) is 0 Å². The molecule has 2 rings (SSSR count). The van der Waals surface area contributed by atoms with Crippen LogP contribution in [0.1, 0.15) is 25.5 Å². The van der Waals surface area contributed by atoms with Gasteiger partial charge in [0.15, 0.2) is 5.65 Å². The lowest BCUT2D eigenvalue weighted by Gasteiger charge is -2.06. The van der Waals surface area contributed by atoms with Crippen molar-refractivity contribution in [2.45, 2.75) is 19.8 Å². The van der Waals surface area contributed by atoms with E-state index in [2.05, 4.69) is 15.2 Å². The molecule has 0 fully saturated rings. The van der Waals surface area contributed by atoms with Crippen molar-refractivity contribution in [2.75, 3.05) is 0 Å². The molecule has 0 saturated carbocycles. The predicted molar refractivity (Wildman–Crippen MR) is 49.9 cm³/mol. The molecule has 5 nitrogen and oxygen atoms in total. The van der Waals surface area contributed by atoms with Crippen LogP contribution in [-0.4, -0.2) is 25.4 Å². The third kappa shape index (κ3) is 1.26. The zero-order chi connectivity index (χ0) is 10.1. The molecular weight excluding hydrogens is 180 g/mol. The van der Waals surface area contributed by atoms with E-state index in [1.165, 1.54) is 0 Å². The van der Waals surface area contributed by atoms with Gasteiger partial charge in [-0.05, 0) is 13.8 Å². The Morgan fingerprint density at radius 2 is 2.36 bits per heavy atom. The second-order valence-electron chi connectivity index (χ2n) is 3.21. The van der Waals surface area contributed by atoms with E-state index < -0.39 is 0 Å². The van der Waals surface area contributed by atoms with Crippen molar-refractivity contribution in [3.63, 3.8) is 0 Å². The van der Waals surface area contributed by atoms with Crippen molar-refractivity contribution in [1.82, 2.24) is 19.6 Å². The van der Waals surface area contributed by atoms with Gasteiger partial charge in [-0.25, -0.2) is 0 Å². The average molecular weight is 190 g/mol. The topological polar surface area (TPSA) is 60.2 Å². The van der Waals surface area contributed by atoms with Crippen molar-refractivity contribution in [3.8, 4) is 0 Å². The fourth-order valence-corrected chi connectivity index (χ4v) is 1.28. The minimum Gasteiger partial charge on any atom is -0.299 e. The predicted octanol–water partition coefficient (Wildman–Crippen LogP) is 0.817. The summed E-state index contributed by atoms with van der Waals surface area (Å²) in [5.74, 6) is -0.156. The van der Waals surface area contributed by atoms with Gasteiger partial charge < -0.3 is 0 Å². The summed E-state index contributed by atoms with van der Waals surface area (Å²) in [4.78, 5) is 15.4. The molecule has 5 heteroatoms. The molecule has 1 unspecified atom stereocenters. The highest BCUT2D eigenvalue weighted by molar-refractivity contribution is 5.84. The highest BCUT2D eigenvalue weighted by Crippen LogP contribution is 2.16. The third-order valence-corrected chi connectivity index (χ3v) is 2.26. The molecule has 0 aliphatic carbocycles. The molecule has 0 aliphatic rings. The van der Waals surface area contributed by atoms with Crippen molar-refractivity contribution in [3.05, 3.63) is 24.4 Å². The highest BCUT2D eigenvalue weighted by atomic mass is 16.1. The molecule has 0 N–H and O–H groups in total. The maximum atomic E-state index is 11.2. The van der Waals surface area contributed by atoms with E-state index in [0.717, 1.165) is 0 Å². The summed E-state index contributed by atoms with van der Waals surface area (Å²) in [6, 6.07) is 0. The molecule has 0 aromatic carbocycles. The van der Waals surface area contributed by atoms with E-state index in [1.807, 2.05) is 6.92 Å². The van der Waals surface area contributed by atoms with Gasteiger partial charge in [0, 0.05) is 12.4 Å². The average Bonchev–Trinajstić information content (AvgIpc) is 2.63. The summed E-state index contributed by atoms with van der Waals surface area (Å²) < 4.78 is 1.75. The second-order valence-corrected chi connectivity index (χ2v) is 3.21. The van der Waals surface area contributed by atoms with Gasteiger partial charge in [-0.15, -0.1) is 10.2 Å². The van der Waals surface area contributed by atoms with Gasteiger partial charge in [-0.2, -0.15) is 0 Å². The fraction of sp³-hybridized carbons (Fsp3) is 0.333. The standard InChI is InChI=1S/C9H10N4O/c1-6(7(2)14)8-9-12-11-5-13(9)4-3-10-8/h3-6H,1-2H3. The molecule has 0 amide bonds. The minimum absolute atomic E-state index is 0.0774. The first-order valence-electron chi connectivity index (χ1n) is 4.35. The summed E-state index contributed by atoms with van der Waals surface area (Å²) in [6.07, 6.45) is 4.99. The molecule has 2 aromatic rings. The van der Waals surface area contributed by atoms with E-state index in [4.69, 9.17) is 0 Å². The van der Waals surface area contributed by atoms with Crippen molar-refractivity contribution in [2.24, 2.45) is 0 Å². The highest BCUT2D eigenvalue weighted by Gasteiger charge is 2.16. The van der Waals surface area contributed by atoms with Crippen LogP contribution in [0.15, 0.2) is 18.7 Å². The molecule has 0 radical (unpaired) electrons. The monoisotopic (exact) mass is 190 g/mol. The number of Topliss-reactive ketones (excluding diaryl/α,β-unsaturated/α-hetero) is 1. The quantitative estimate of drug-likeness (QED) is 0.703. The first-order chi connectivity index (χ1) is 6.70. The first kappa shape index (κ1) is 8.80. The van der Waals surface area contributed by atoms with Crippen molar-refractivity contribution in [1.29, 1.82) is 0 Å². The normalized spacial score (nSPS) is 13.0. The number of hydrogen-bond acceptors (Lipinski definition) is 4. The minimum atomic E-state index is -0.233. The smallest absolute Gasteiger partial charge is 0.183 e. The molecule has 72 valence electrons. The molecular formula is C9H10N4O. The van der Waals surface area contributed by atoms with Crippen LogP contribution in [0.5, 0.6) is 0 Å². The number of carbonyl (C=O) groups excluding carboxylic acids is 1.